The van der Waals surface area contributed by atoms with Crippen LogP contribution >= 0.6 is 0 Å². The van der Waals surface area contributed by atoms with Crippen molar-refractivity contribution in [2.24, 2.45) is 0 Å². The van der Waals surface area contributed by atoms with E-state index in [0.29, 0.717) is 19.4 Å². The predicted molar refractivity (Wildman–Crippen MR) is 71.9 cm³/mol. The topological polar surface area (TPSA) is 38.3 Å². The molecule has 0 amide bonds. The Balaban J connectivity index is 1.88. The van der Waals surface area contributed by atoms with E-state index in [1.54, 1.807) is 0 Å². The van der Waals surface area contributed by atoms with E-state index in [-0.39, 0.29) is 11.8 Å². The smallest absolute Gasteiger partial charge is 0.138 e. The first-order chi connectivity index (χ1) is 8.65. The van der Waals surface area contributed by atoms with Gasteiger partial charge in [-0.15, -0.1) is 0 Å². The SMILES string of the molecule is Cc1ccc(CC(=O)CC2COCCN2)cc1C. The van der Waals surface area contributed by atoms with Gasteiger partial charge in [0.2, 0.25) is 0 Å². The molecule has 1 fully saturated rings. The second-order valence-corrected chi connectivity index (χ2v) is 5.06. The number of morpholine rings is 1. The van der Waals surface area contributed by atoms with Crippen molar-refractivity contribution in [3.05, 3.63) is 34.9 Å². The highest BCUT2D eigenvalue weighted by Crippen LogP contribution is 2.12. The van der Waals surface area contributed by atoms with Crippen LogP contribution in [0.4, 0.5) is 0 Å². The average Bonchev–Trinajstić information content (AvgIpc) is 2.35. The Morgan fingerprint density at radius 2 is 2.22 bits per heavy atom. The molecule has 0 aromatic heterocycles. The number of ether oxygens (including phenoxy) is 1. The number of carbonyl (C=O) groups is 1. The summed E-state index contributed by atoms with van der Waals surface area (Å²) in [6, 6.07) is 6.43. The predicted octanol–water partition coefficient (Wildman–Crippen LogP) is 1.79. The van der Waals surface area contributed by atoms with Crippen LogP contribution in [0.5, 0.6) is 0 Å². The number of carbonyl (C=O) groups excluding carboxylic acids is 1. The molecule has 0 radical (unpaired) electrons. The maximum absolute atomic E-state index is 12.0. The van der Waals surface area contributed by atoms with Gasteiger partial charge in [-0.2, -0.15) is 0 Å². The second kappa shape index (κ2) is 6.12. The average molecular weight is 247 g/mol. The van der Waals surface area contributed by atoms with Crippen molar-refractivity contribution in [3.63, 3.8) is 0 Å². The van der Waals surface area contributed by atoms with Crippen molar-refractivity contribution in [1.29, 1.82) is 0 Å². The number of aryl methyl sites for hydroxylation is 2. The van der Waals surface area contributed by atoms with Crippen molar-refractivity contribution in [3.8, 4) is 0 Å². The molecule has 1 saturated heterocycles. The summed E-state index contributed by atoms with van der Waals surface area (Å²) in [6.45, 7) is 6.42. The fourth-order valence-corrected chi connectivity index (χ4v) is 2.24. The van der Waals surface area contributed by atoms with Gasteiger partial charge in [0.25, 0.3) is 0 Å². The van der Waals surface area contributed by atoms with Crippen molar-refractivity contribution < 1.29 is 9.53 Å². The zero-order valence-electron chi connectivity index (χ0n) is 11.2. The van der Waals surface area contributed by atoms with Crippen LogP contribution in [0.3, 0.4) is 0 Å². The molecule has 1 aliphatic rings. The molecule has 1 aliphatic heterocycles. The zero-order chi connectivity index (χ0) is 13.0. The molecule has 1 N–H and O–H groups in total. The summed E-state index contributed by atoms with van der Waals surface area (Å²) in [6.07, 6.45) is 1.09. The molecule has 3 heteroatoms. The molecule has 0 spiro atoms. The molecule has 0 aliphatic carbocycles. The van der Waals surface area contributed by atoms with E-state index >= 15 is 0 Å². The third kappa shape index (κ3) is 3.65. The summed E-state index contributed by atoms with van der Waals surface area (Å²) in [5.41, 5.74) is 3.63. The fraction of sp³-hybridized carbons (Fsp3) is 0.533. The lowest BCUT2D eigenvalue weighted by Gasteiger charge is -2.23. The van der Waals surface area contributed by atoms with E-state index in [2.05, 4.69) is 31.3 Å². The van der Waals surface area contributed by atoms with E-state index in [1.807, 2.05) is 6.07 Å². The zero-order valence-corrected chi connectivity index (χ0v) is 11.2. The lowest BCUT2D eigenvalue weighted by atomic mass is 10.00. The molecule has 0 saturated carbocycles. The van der Waals surface area contributed by atoms with Crippen LogP contribution in [0.15, 0.2) is 18.2 Å². The maximum atomic E-state index is 12.0. The number of hydrogen-bond acceptors (Lipinski definition) is 3. The first-order valence-corrected chi connectivity index (χ1v) is 6.54. The van der Waals surface area contributed by atoms with E-state index in [0.717, 1.165) is 18.7 Å². The molecule has 1 aromatic rings. The Labute approximate surface area is 109 Å². The van der Waals surface area contributed by atoms with Crippen molar-refractivity contribution in [2.45, 2.75) is 32.7 Å². The summed E-state index contributed by atoms with van der Waals surface area (Å²) in [5, 5.41) is 3.31. The Bertz CT molecular complexity index is 423. The summed E-state index contributed by atoms with van der Waals surface area (Å²) in [7, 11) is 0. The summed E-state index contributed by atoms with van der Waals surface area (Å²) >= 11 is 0. The number of benzene rings is 1. The third-order valence-electron chi connectivity index (χ3n) is 3.45. The Morgan fingerprint density at radius 1 is 1.39 bits per heavy atom. The monoisotopic (exact) mass is 247 g/mol. The lowest BCUT2D eigenvalue weighted by Crippen LogP contribution is -2.42. The third-order valence-corrected chi connectivity index (χ3v) is 3.45. The number of Topliss-reactive ketones (excluding diaryl/α,β-unsaturated/α-hetero) is 1. The van der Waals surface area contributed by atoms with Crippen molar-refractivity contribution in [2.75, 3.05) is 19.8 Å². The molecule has 1 heterocycles. The van der Waals surface area contributed by atoms with E-state index in [9.17, 15) is 4.79 Å². The molecule has 3 nitrogen and oxygen atoms in total. The van der Waals surface area contributed by atoms with Gasteiger partial charge in [-0.05, 0) is 30.5 Å². The van der Waals surface area contributed by atoms with Crippen LogP contribution in [0.25, 0.3) is 0 Å². The van der Waals surface area contributed by atoms with Crippen molar-refractivity contribution in [1.82, 2.24) is 5.32 Å². The van der Waals surface area contributed by atoms with E-state index in [4.69, 9.17) is 4.74 Å². The highest BCUT2D eigenvalue weighted by molar-refractivity contribution is 5.81. The highest BCUT2D eigenvalue weighted by atomic mass is 16.5. The minimum atomic E-state index is 0.192. The molecule has 1 unspecified atom stereocenters. The standard InChI is InChI=1S/C15H21NO2/c1-11-3-4-13(7-12(11)2)8-15(17)9-14-10-18-6-5-16-14/h3-4,7,14,16H,5-6,8-10H2,1-2H3. The van der Waals surface area contributed by atoms with Gasteiger partial charge < -0.3 is 10.1 Å². The lowest BCUT2D eigenvalue weighted by molar-refractivity contribution is -0.119. The molecule has 2 rings (SSSR count). The van der Waals surface area contributed by atoms with Crippen LogP contribution in [0, 0.1) is 13.8 Å². The first kappa shape index (κ1) is 13.2. The van der Waals surface area contributed by atoms with Gasteiger partial charge in [0.05, 0.1) is 13.2 Å². The number of hydrogen-bond donors (Lipinski definition) is 1. The Morgan fingerprint density at radius 3 is 2.89 bits per heavy atom. The van der Waals surface area contributed by atoms with Crippen molar-refractivity contribution >= 4 is 5.78 Å². The molecule has 98 valence electrons. The first-order valence-electron chi connectivity index (χ1n) is 6.54. The number of rotatable bonds is 4. The van der Waals surface area contributed by atoms with E-state index in [1.165, 1.54) is 11.1 Å². The number of ketones is 1. The van der Waals surface area contributed by atoms with Gasteiger partial charge in [0.15, 0.2) is 0 Å². The molecule has 1 aromatic carbocycles. The summed E-state index contributed by atoms with van der Waals surface area (Å²) < 4.78 is 5.35. The van der Waals surface area contributed by atoms with Crippen LogP contribution in [0.2, 0.25) is 0 Å². The molecule has 0 bridgehead atoms. The van der Waals surface area contributed by atoms with Gasteiger partial charge in [-0.25, -0.2) is 0 Å². The minimum absolute atomic E-state index is 0.192. The molecular formula is C15H21NO2. The Kier molecular flexibility index (Phi) is 4.50. The van der Waals surface area contributed by atoms with E-state index < -0.39 is 0 Å². The van der Waals surface area contributed by atoms with Gasteiger partial charge in [-0.1, -0.05) is 18.2 Å². The van der Waals surface area contributed by atoms with Crippen LogP contribution in [0.1, 0.15) is 23.1 Å². The Hall–Kier alpha value is -1.19. The number of nitrogens with one attached hydrogen (secondary N) is 1. The van der Waals surface area contributed by atoms with Crippen LogP contribution in [-0.2, 0) is 16.0 Å². The minimum Gasteiger partial charge on any atom is -0.379 e. The van der Waals surface area contributed by atoms with Gasteiger partial charge in [-0.3, -0.25) is 4.79 Å². The normalized spacial score (nSPS) is 19.8. The maximum Gasteiger partial charge on any atom is 0.138 e. The quantitative estimate of drug-likeness (QED) is 0.881. The summed E-state index contributed by atoms with van der Waals surface area (Å²) in [4.78, 5) is 12.0. The highest BCUT2D eigenvalue weighted by Gasteiger charge is 2.16. The van der Waals surface area contributed by atoms with Crippen LogP contribution < -0.4 is 5.32 Å². The van der Waals surface area contributed by atoms with Gasteiger partial charge >= 0.3 is 0 Å². The molecule has 1 atom stereocenters. The molecular weight excluding hydrogens is 226 g/mol. The van der Waals surface area contributed by atoms with Gasteiger partial charge in [0, 0.05) is 25.4 Å². The fourth-order valence-electron chi connectivity index (χ4n) is 2.24. The van der Waals surface area contributed by atoms with Gasteiger partial charge in [0.1, 0.15) is 5.78 Å². The summed E-state index contributed by atoms with van der Waals surface area (Å²) in [5.74, 6) is 0.279. The van der Waals surface area contributed by atoms with Crippen LogP contribution in [-0.4, -0.2) is 31.6 Å². The molecule has 18 heavy (non-hydrogen) atoms. The largest absolute Gasteiger partial charge is 0.379 e. The second-order valence-electron chi connectivity index (χ2n) is 5.06.